The molecule has 36 heavy (non-hydrogen) atoms. The summed E-state index contributed by atoms with van der Waals surface area (Å²) in [4.78, 5) is 21.6. The van der Waals surface area contributed by atoms with Crippen molar-refractivity contribution in [2.24, 2.45) is 0 Å². The second-order valence-corrected chi connectivity index (χ2v) is 9.23. The molecule has 0 amide bonds. The first-order valence-electron chi connectivity index (χ1n) is 12.2. The van der Waals surface area contributed by atoms with Gasteiger partial charge < -0.3 is 14.0 Å². The minimum absolute atomic E-state index is 0.0859. The number of hydrogen-bond donors (Lipinski definition) is 0. The maximum Gasteiger partial charge on any atom is 0.327 e. The first-order chi connectivity index (χ1) is 17.3. The van der Waals surface area contributed by atoms with Crippen LogP contribution in [0.4, 0.5) is 0 Å². The van der Waals surface area contributed by atoms with Crippen molar-refractivity contribution >= 4 is 5.97 Å². The highest BCUT2D eigenvalue weighted by atomic mass is 16.5. The summed E-state index contributed by atoms with van der Waals surface area (Å²) in [6.07, 6.45) is 2.03. The van der Waals surface area contributed by atoms with Gasteiger partial charge in [0.05, 0.1) is 24.4 Å². The van der Waals surface area contributed by atoms with Gasteiger partial charge in [-0.15, -0.1) is 0 Å². The zero-order valence-corrected chi connectivity index (χ0v) is 21.6. The van der Waals surface area contributed by atoms with Gasteiger partial charge in [0.2, 0.25) is 0 Å². The van der Waals surface area contributed by atoms with Crippen LogP contribution in [-0.4, -0.2) is 53.3 Å². The molecule has 0 bridgehead atoms. The molecule has 0 saturated carbocycles. The largest absolute Gasteiger partial charge is 0.491 e. The number of esters is 1. The Bertz CT molecular complexity index is 1440. The maximum atomic E-state index is 12.0. The van der Waals surface area contributed by atoms with E-state index in [-0.39, 0.29) is 18.6 Å². The third-order valence-corrected chi connectivity index (χ3v) is 6.30. The van der Waals surface area contributed by atoms with Gasteiger partial charge in [-0.3, -0.25) is 9.48 Å². The quantitative estimate of drug-likeness (QED) is 0.375. The lowest BCUT2D eigenvalue weighted by Crippen LogP contribution is -2.15. The molecule has 3 aromatic heterocycles. The average molecular weight is 490 g/mol. The zero-order chi connectivity index (χ0) is 25.6. The molecule has 10 heteroatoms. The fraction of sp³-hybridized carbons (Fsp3) is 0.423. The SMILES string of the molecule is CCOC(=O)Cn1nc(C)c(-c2ccc3c(c2)OCCn2cc(-c4nc(C)nn4C(C)C)nc2-3)c1C. The van der Waals surface area contributed by atoms with Crippen molar-refractivity contribution in [1.29, 1.82) is 0 Å². The van der Waals surface area contributed by atoms with Crippen molar-refractivity contribution in [3.05, 3.63) is 41.6 Å². The van der Waals surface area contributed by atoms with Crippen molar-refractivity contribution < 1.29 is 14.3 Å². The fourth-order valence-electron chi connectivity index (χ4n) is 4.71. The monoisotopic (exact) mass is 489 g/mol. The summed E-state index contributed by atoms with van der Waals surface area (Å²) in [5.41, 5.74) is 5.43. The lowest BCUT2D eigenvalue weighted by atomic mass is 10.0. The number of hydrogen-bond acceptors (Lipinski definition) is 7. The third kappa shape index (κ3) is 4.16. The van der Waals surface area contributed by atoms with Crippen molar-refractivity contribution in [2.45, 2.75) is 60.7 Å². The van der Waals surface area contributed by atoms with Gasteiger partial charge >= 0.3 is 5.97 Å². The fourth-order valence-corrected chi connectivity index (χ4v) is 4.71. The normalized spacial score (nSPS) is 12.8. The van der Waals surface area contributed by atoms with E-state index in [0.29, 0.717) is 19.8 Å². The summed E-state index contributed by atoms with van der Waals surface area (Å²) in [5.74, 6) is 2.80. The summed E-state index contributed by atoms with van der Waals surface area (Å²) in [6.45, 7) is 13.4. The standard InChI is InChI=1S/C26H31N7O3/c1-7-35-23(34)14-32-17(5)24(16(4)29-32)19-8-9-20-22(12-19)36-11-10-31-13-21(28-25(20)31)26-27-18(6)30-33(26)15(2)3/h8-9,12-13,15H,7,10-11,14H2,1-6H3. The Morgan fingerprint density at radius 2 is 1.94 bits per heavy atom. The predicted octanol–water partition coefficient (Wildman–Crippen LogP) is 4.13. The number of nitrogens with zero attached hydrogens (tertiary/aromatic N) is 7. The van der Waals surface area contributed by atoms with Crippen molar-refractivity contribution in [1.82, 2.24) is 34.1 Å². The molecule has 0 N–H and O–H groups in total. The van der Waals surface area contributed by atoms with E-state index in [2.05, 4.69) is 39.7 Å². The number of carbonyl (C=O) groups excluding carboxylic acids is 1. The smallest absolute Gasteiger partial charge is 0.327 e. The van der Waals surface area contributed by atoms with E-state index < -0.39 is 0 Å². The number of aryl methyl sites for hydroxylation is 2. The second-order valence-electron chi connectivity index (χ2n) is 9.23. The van der Waals surface area contributed by atoms with Crippen LogP contribution in [0.2, 0.25) is 0 Å². The van der Waals surface area contributed by atoms with Crippen molar-refractivity contribution in [3.8, 4) is 39.8 Å². The topological polar surface area (TPSA) is 102 Å². The minimum atomic E-state index is -0.300. The molecule has 4 heterocycles. The van der Waals surface area contributed by atoms with Gasteiger partial charge in [-0.1, -0.05) is 6.07 Å². The molecule has 0 spiro atoms. The lowest BCUT2D eigenvalue weighted by molar-refractivity contribution is -0.144. The number of rotatable bonds is 6. The molecule has 0 saturated heterocycles. The molecule has 10 nitrogen and oxygen atoms in total. The van der Waals surface area contributed by atoms with Crippen molar-refractivity contribution in [2.75, 3.05) is 13.2 Å². The van der Waals surface area contributed by atoms with Crippen LogP contribution in [0.25, 0.3) is 34.0 Å². The summed E-state index contributed by atoms with van der Waals surface area (Å²) >= 11 is 0. The molecule has 4 aromatic rings. The molecule has 1 aromatic carbocycles. The van der Waals surface area contributed by atoms with Crippen LogP contribution in [0, 0.1) is 20.8 Å². The van der Waals surface area contributed by atoms with E-state index in [9.17, 15) is 4.79 Å². The minimum Gasteiger partial charge on any atom is -0.491 e. The molecule has 0 fully saturated rings. The highest BCUT2D eigenvalue weighted by Crippen LogP contribution is 2.38. The van der Waals surface area contributed by atoms with Gasteiger partial charge in [-0.05, 0) is 59.2 Å². The van der Waals surface area contributed by atoms with Crippen LogP contribution in [-0.2, 0) is 22.6 Å². The maximum absolute atomic E-state index is 12.0. The first kappa shape index (κ1) is 23.8. The summed E-state index contributed by atoms with van der Waals surface area (Å²) in [7, 11) is 0. The Balaban J connectivity index is 1.53. The average Bonchev–Trinajstić information content (AvgIpc) is 3.46. The van der Waals surface area contributed by atoms with Crippen LogP contribution < -0.4 is 4.74 Å². The molecule has 188 valence electrons. The Labute approximate surface area is 209 Å². The Morgan fingerprint density at radius 1 is 1.14 bits per heavy atom. The number of carbonyl (C=O) groups is 1. The number of fused-ring (bicyclic) bond motifs is 3. The van der Waals surface area contributed by atoms with Crippen LogP contribution in [0.3, 0.4) is 0 Å². The van der Waals surface area contributed by atoms with E-state index in [1.54, 1.807) is 11.6 Å². The van der Waals surface area contributed by atoms with Gasteiger partial charge in [0, 0.05) is 23.5 Å². The van der Waals surface area contributed by atoms with Crippen LogP contribution in [0.5, 0.6) is 5.75 Å². The summed E-state index contributed by atoms with van der Waals surface area (Å²) < 4.78 is 17.0. The molecule has 0 unspecified atom stereocenters. The predicted molar refractivity (Wildman–Crippen MR) is 135 cm³/mol. The first-order valence-corrected chi connectivity index (χ1v) is 12.2. The van der Waals surface area contributed by atoms with Gasteiger partial charge in [0.1, 0.15) is 36.2 Å². The number of aromatic nitrogens is 7. The number of ether oxygens (including phenoxy) is 2. The van der Waals surface area contributed by atoms with E-state index in [0.717, 1.165) is 57.0 Å². The van der Waals surface area contributed by atoms with Gasteiger partial charge in [0.15, 0.2) is 5.82 Å². The van der Waals surface area contributed by atoms with Crippen LogP contribution >= 0.6 is 0 Å². The van der Waals surface area contributed by atoms with Gasteiger partial charge in [-0.2, -0.15) is 10.2 Å². The molecule has 0 aliphatic carbocycles. The van der Waals surface area contributed by atoms with E-state index in [4.69, 9.17) is 14.5 Å². The van der Waals surface area contributed by atoms with Crippen LogP contribution in [0.1, 0.15) is 44.0 Å². The summed E-state index contributed by atoms with van der Waals surface area (Å²) in [5, 5.41) is 9.12. The molecule has 0 atom stereocenters. The van der Waals surface area contributed by atoms with E-state index in [1.165, 1.54) is 0 Å². The van der Waals surface area contributed by atoms with E-state index >= 15 is 0 Å². The Morgan fingerprint density at radius 3 is 2.69 bits per heavy atom. The molecule has 5 rings (SSSR count). The van der Waals surface area contributed by atoms with Crippen LogP contribution in [0.15, 0.2) is 24.4 Å². The van der Waals surface area contributed by atoms with Crippen molar-refractivity contribution in [3.63, 3.8) is 0 Å². The second kappa shape index (κ2) is 9.25. The lowest BCUT2D eigenvalue weighted by Gasteiger charge is -2.10. The molecule has 0 radical (unpaired) electrons. The Kier molecular flexibility index (Phi) is 6.11. The Hall–Kier alpha value is -3.95. The van der Waals surface area contributed by atoms with Gasteiger partial charge in [-0.25, -0.2) is 14.6 Å². The molecule has 1 aliphatic rings. The highest BCUT2D eigenvalue weighted by molar-refractivity contribution is 5.77. The van der Waals surface area contributed by atoms with Gasteiger partial charge in [0.25, 0.3) is 0 Å². The number of benzene rings is 1. The molecular weight excluding hydrogens is 458 g/mol. The molecular formula is C26H31N7O3. The van der Waals surface area contributed by atoms with E-state index in [1.807, 2.05) is 43.8 Å². The molecule has 1 aliphatic heterocycles. The zero-order valence-electron chi connectivity index (χ0n) is 21.6. The third-order valence-electron chi connectivity index (χ3n) is 6.30. The number of imidazole rings is 1. The summed E-state index contributed by atoms with van der Waals surface area (Å²) in [6, 6.07) is 6.31. The highest BCUT2D eigenvalue weighted by Gasteiger charge is 2.24.